The molecule has 1 aliphatic heterocycles. The number of morpholine rings is 1. The highest BCUT2D eigenvalue weighted by molar-refractivity contribution is 5.86. The summed E-state index contributed by atoms with van der Waals surface area (Å²) in [5, 5.41) is 2.51. The van der Waals surface area contributed by atoms with E-state index in [2.05, 4.69) is 5.32 Å². The Balaban J connectivity index is 0.00000162. The van der Waals surface area contributed by atoms with Crippen LogP contribution in [0.3, 0.4) is 0 Å². The van der Waals surface area contributed by atoms with E-state index >= 15 is 0 Å². The second-order valence-electron chi connectivity index (χ2n) is 4.48. The van der Waals surface area contributed by atoms with Crippen LogP contribution in [0.4, 0.5) is 0 Å². The molecule has 1 saturated heterocycles. The zero-order valence-electron chi connectivity index (χ0n) is 10.3. The van der Waals surface area contributed by atoms with Gasteiger partial charge in [0.25, 0.3) is 0 Å². The summed E-state index contributed by atoms with van der Waals surface area (Å²) in [6.07, 6.45) is 3.33. The number of nitrogens with one attached hydrogen (secondary N) is 1. The van der Waals surface area contributed by atoms with E-state index in [0.717, 1.165) is 19.3 Å². The molecule has 3 N–H and O–H groups in total. The van der Waals surface area contributed by atoms with Gasteiger partial charge in [-0.05, 0) is 19.3 Å². The molecule has 2 aliphatic rings. The van der Waals surface area contributed by atoms with E-state index in [1.165, 1.54) is 0 Å². The summed E-state index contributed by atoms with van der Waals surface area (Å²) in [6, 6.07) is 0.200. The fourth-order valence-corrected chi connectivity index (χ4v) is 2.58. The van der Waals surface area contributed by atoms with Gasteiger partial charge in [-0.3, -0.25) is 9.59 Å². The van der Waals surface area contributed by atoms with Crippen molar-refractivity contribution in [1.29, 1.82) is 0 Å². The third kappa shape index (κ3) is 3.34. The molecule has 0 radical (unpaired) electrons. The fraction of sp³-hybridized carbons (Fsp3) is 0.818. The van der Waals surface area contributed by atoms with Gasteiger partial charge in [0.2, 0.25) is 11.8 Å². The van der Waals surface area contributed by atoms with Crippen molar-refractivity contribution in [3.8, 4) is 0 Å². The lowest BCUT2D eigenvalue weighted by Crippen LogP contribution is -2.54. The number of nitrogens with two attached hydrogens (primary N) is 1. The highest BCUT2D eigenvalue weighted by Crippen LogP contribution is 2.29. The summed E-state index contributed by atoms with van der Waals surface area (Å²) < 4.78 is 5.63. The Morgan fingerprint density at radius 2 is 2.17 bits per heavy atom. The van der Waals surface area contributed by atoms with Gasteiger partial charge in [-0.2, -0.15) is 0 Å². The number of fused-ring (bicyclic) bond motifs is 1. The Hall–Kier alpha value is -0.850. The smallest absolute Gasteiger partial charge is 0.242 e. The summed E-state index contributed by atoms with van der Waals surface area (Å²) in [5.74, 6) is -0.332. The van der Waals surface area contributed by atoms with Crippen molar-refractivity contribution in [1.82, 2.24) is 10.2 Å². The van der Waals surface area contributed by atoms with Crippen LogP contribution in [-0.4, -0.2) is 55.1 Å². The van der Waals surface area contributed by atoms with E-state index in [9.17, 15) is 9.59 Å². The number of carbonyl (C=O) groups excluding carboxylic acids is 2. The normalized spacial score (nSPS) is 26.2. The molecule has 7 heteroatoms. The van der Waals surface area contributed by atoms with Crippen molar-refractivity contribution in [3.05, 3.63) is 0 Å². The number of rotatable bonds is 3. The minimum Gasteiger partial charge on any atom is -0.374 e. The molecule has 1 saturated carbocycles. The predicted molar refractivity (Wildman–Crippen MR) is 68.4 cm³/mol. The molecule has 2 amide bonds. The van der Waals surface area contributed by atoms with Crippen LogP contribution >= 0.6 is 12.4 Å². The molecule has 1 aliphatic carbocycles. The van der Waals surface area contributed by atoms with Gasteiger partial charge >= 0.3 is 0 Å². The SMILES string of the molecule is Cl.NCC(=O)NCC(=O)N1CCOC2CCCC21. The lowest BCUT2D eigenvalue weighted by atomic mass is 10.1. The van der Waals surface area contributed by atoms with Crippen LogP contribution in [0, 0.1) is 0 Å². The minimum absolute atomic E-state index is 0. The fourth-order valence-electron chi connectivity index (χ4n) is 2.58. The van der Waals surface area contributed by atoms with Crippen LogP contribution in [0.15, 0.2) is 0 Å². The molecule has 0 bridgehead atoms. The largest absolute Gasteiger partial charge is 0.374 e. The molecule has 2 fully saturated rings. The Morgan fingerprint density at radius 1 is 1.39 bits per heavy atom. The van der Waals surface area contributed by atoms with Crippen molar-refractivity contribution >= 4 is 24.2 Å². The number of hydrogen-bond acceptors (Lipinski definition) is 4. The van der Waals surface area contributed by atoms with Gasteiger partial charge in [0, 0.05) is 6.54 Å². The molecular formula is C11H20ClN3O3. The van der Waals surface area contributed by atoms with Gasteiger partial charge in [0.05, 0.1) is 31.8 Å². The molecule has 1 heterocycles. The lowest BCUT2D eigenvalue weighted by Gasteiger charge is -2.37. The van der Waals surface area contributed by atoms with Gasteiger partial charge in [-0.15, -0.1) is 12.4 Å². The Kier molecular flexibility index (Phi) is 5.84. The van der Waals surface area contributed by atoms with Crippen LogP contribution in [0.25, 0.3) is 0 Å². The van der Waals surface area contributed by atoms with Crippen molar-refractivity contribution < 1.29 is 14.3 Å². The molecule has 0 aromatic heterocycles. The van der Waals surface area contributed by atoms with Crippen LogP contribution < -0.4 is 11.1 Å². The first kappa shape index (κ1) is 15.2. The van der Waals surface area contributed by atoms with E-state index in [4.69, 9.17) is 10.5 Å². The first-order valence-electron chi connectivity index (χ1n) is 6.10. The second kappa shape index (κ2) is 6.92. The highest BCUT2D eigenvalue weighted by Gasteiger charge is 2.38. The number of amides is 2. The Labute approximate surface area is 113 Å². The van der Waals surface area contributed by atoms with Gasteiger partial charge in [-0.1, -0.05) is 0 Å². The summed E-state index contributed by atoms with van der Waals surface area (Å²) >= 11 is 0. The van der Waals surface area contributed by atoms with Gasteiger partial charge < -0.3 is 20.7 Å². The monoisotopic (exact) mass is 277 g/mol. The Morgan fingerprint density at radius 3 is 2.89 bits per heavy atom. The first-order chi connectivity index (χ1) is 8.22. The first-order valence-corrected chi connectivity index (χ1v) is 6.10. The van der Waals surface area contributed by atoms with Gasteiger partial charge in [0.15, 0.2) is 0 Å². The van der Waals surface area contributed by atoms with Crippen molar-refractivity contribution in [2.24, 2.45) is 5.73 Å². The number of nitrogens with zero attached hydrogens (tertiary/aromatic N) is 1. The maximum atomic E-state index is 12.0. The van der Waals surface area contributed by atoms with E-state index < -0.39 is 0 Å². The van der Waals surface area contributed by atoms with E-state index in [1.807, 2.05) is 4.90 Å². The topological polar surface area (TPSA) is 84.7 Å². The molecule has 6 nitrogen and oxygen atoms in total. The second-order valence-corrected chi connectivity index (χ2v) is 4.48. The molecule has 2 atom stereocenters. The summed E-state index contributed by atoms with van der Waals surface area (Å²) in [6.45, 7) is 1.18. The quantitative estimate of drug-likeness (QED) is 0.712. The van der Waals surface area contributed by atoms with Crippen LogP contribution in [-0.2, 0) is 14.3 Å². The molecule has 0 spiro atoms. The number of ether oxygens (including phenoxy) is 1. The average Bonchev–Trinajstić information content (AvgIpc) is 2.83. The molecule has 18 heavy (non-hydrogen) atoms. The van der Waals surface area contributed by atoms with Crippen molar-refractivity contribution in [2.45, 2.75) is 31.4 Å². The Bertz CT molecular complexity index is 314. The number of carbonyl (C=O) groups is 2. The van der Waals surface area contributed by atoms with Gasteiger partial charge in [-0.25, -0.2) is 0 Å². The molecule has 2 rings (SSSR count). The average molecular weight is 278 g/mol. The standard InChI is InChI=1S/C11H19N3O3.ClH/c12-6-10(15)13-7-11(16)14-4-5-17-9-3-1-2-8(9)14;/h8-9H,1-7,12H2,(H,13,15);1H. The number of hydrogen-bond donors (Lipinski definition) is 2. The minimum atomic E-state index is -0.297. The maximum absolute atomic E-state index is 12.0. The zero-order chi connectivity index (χ0) is 12.3. The molecule has 0 aromatic rings. The maximum Gasteiger partial charge on any atom is 0.242 e. The third-order valence-corrected chi connectivity index (χ3v) is 3.42. The molecule has 104 valence electrons. The van der Waals surface area contributed by atoms with Crippen LogP contribution in [0.2, 0.25) is 0 Å². The molecule has 0 aromatic carbocycles. The van der Waals surface area contributed by atoms with Crippen molar-refractivity contribution in [2.75, 3.05) is 26.2 Å². The lowest BCUT2D eigenvalue weighted by molar-refractivity contribution is -0.144. The van der Waals surface area contributed by atoms with Crippen molar-refractivity contribution in [3.63, 3.8) is 0 Å². The van der Waals surface area contributed by atoms with E-state index in [-0.39, 0.29) is 49.5 Å². The van der Waals surface area contributed by atoms with E-state index in [0.29, 0.717) is 13.2 Å². The summed E-state index contributed by atoms with van der Waals surface area (Å²) in [5.41, 5.74) is 5.17. The van der Waals surface area contributed by atoms with E-state index in [1.54, 1.807) is 0 Å². The van der Waals surface area contributed by atoms with Crippen LogP contribution in [0.5, 0.6) is 0 Å². The molecular weight excluding hydrogens is 258 g/mol. The summed E-state index contributed by atoms with van der Waals surface area (Å²) in [7, 11) is 0. The summed E-state index contributed by atoms with van der Waals surface area (Å²) in [4.78, 5) is 24.8. The zero-order valence-corrected chi connectivity index (χ0v) is 11.1. The highest BCUT2D eigenvalue weighted by atomic mass is 35.5. The third-order valence-electron chi connectivity index (χ3n) is 3.42. The number of halogens is 1. The molecule has 2 unspecified atom stereocenters. The van der Waals surface area contributed by atoms with Gasteiger partial charge in [0.1, 0.15) is 0 Å². The van der Waals surface area contributed by atoms with Crippen LogP contribution in [0.1, 0.15) is 19.3 Å². The predicted octanol–water partition coefficient (Wildman–Crippen LogP) is -0.737.